The standard InChI is InChI=1S/C19H19N6O.Ir/c1-11(2)13-6-5-7-14(12(3)4)16(13)25-18(21-9-23-25)15-8-20-19-17(24-15)22-10-26-19;/h5-7,9-12H,1-4H3;/q-1;. The van der Waals surface area contributed by atoms with Crippen LogP contribution in [0.25, 0.3) is 28.6 Å². The summed E-state index contributed by atoms with van der Waals surface area (Å²) in [6.07, 6.45) is 5.73. The summed E-state index contributed by atoms with van der Waals surface area (Å²) in [5.74, 6) is 1.26. The largest absolute Gasteiger partial charge is 0.484 e. The van der Waals surface area contributed by atoms with Gasteiger partial charge in [-0.3, -0.25) is 14.6 Å². The van der Waals surface area contributed by atoms with Crippen molar-refractivity contribution >= 4 is 11.4 Å². The number of oxazole rings is 1. The Hall–Kier alpha value is -2.44. The average molecular weight is 540 g/mol. The Morgan fingerprint density at radius 2 is 1.74 bits per heavy atom. The molecule has 0 spiro atoms. The van der Waals surface area contributed by atoms with E-state index < -0.39 is 0 Å². The Balaban J connectivity index is 0.00000210. The Morgan fingerprint density at radius 1 is 1.04 bits per heavy atom. The van der Waals surface area contributed by atoms with Crippen LogP contribution in [-0.2, 0) is 20.1 Å². The number of benzene rings is 1. The predicted octanol–water partition coefficient (Wildman–Crippen LogP) is 3.91. The van der Waals surface area contributed by atoms with Crippen molar-refractivity contribution in [2.75, 3.05) is 0 Å². The van der Waals surface area contributed by atoms with E-state index in [0.29, 0.717) is 34.7 Å². The van der Waals surface area contributed by atoms with Crippen LogP contribution in [0.5, 0.6) is 0 Å². The molecular weight excluding hydrogens is 520 g/mol. The van der Waals surface area contributed by atoms with Gasteiger partial charge in [-0.2, -0.15) is 5.10 Å². The van der Waals surface area contributed by atoms with Gasteiger partial charge in [0, 0.05) is 25.8 Å². The molecule has 141 valence electrons. The van der Waals surface area contributed by atoms with Crippen LogP contribution in [0.1, 0.15) is 50.7 Å². The number of hydrogen-bond donors (Lipinski definition) is 0. The van der Waals surface area contributed by atoms with E-state index >= 15 is 0 Å². The molecule has 0 aliphatic heterocycles. The van der Waals surface area contributed by atoms with Crippen LogP contribution in [0.3, 0.4) is 0 Å². The maximum absolute atomic E-state index is 5.15. The van der Waals surface area contributed by atoms with E-state index in [1.807, 2.05) is 4.68 Å². The summed E-state index contributed by atoms with van der Waals surface area (Å²) in [6, 6.07) is 6.36. The summed E-state index contributed by atoms with van der Waals surface area (Å²) in [5.41, 5.74) is 4.72. The molecule has 0 N–H and O–H groups in total. The van der Waals surface area contributed by atoms with Crippen molar-refractivity contribution in [1.82, 2.24) is 29.7 Å². The molecule has 0 atom stereocenters. The zero-order chi connectivity index (χ0) is 18.3. The van der Waals surface area contributed by atoms with Gasteiger partial charge in [0.15, 0.2) is 17.8 Å². The van der Waals surface area contributed by atoms with Gasteiger partial charge in [0.05, 0.1) is 11.5 Å². The van der Waals surface area contributed by atoms with E-state index in [4.69, 9.17) is 4.42 Å². The Morgan fingerprint density at radius 3 is 2.41 bits per heavy atom. The van der Waals surface area contributed by atoms with E-state index in [-0.39, 0.29) is 20.1 Å². The van der Waals surface area contributed by atoms with Gasteiger partial charge >= 0.3 is 0 Å². The molecule has 3 heterocycles. The Bertz CT molecular complexity index is 1040. The van der Waals surface area contributed by atoms with Gasteiger partial charge in [-0.15, -0.1) is 0 Å². The number of para-hydroxylation sites is 1. The van der Waals surface area contributed by atoms with Gasteiger partial charge < -0.3 is 9.40 Å². The second kappa shape index (κ2) is 7.66. The number of fused-ring (bicyclic) bond motifs is 1. The third-order valence-electron chi connectivity index (χ3n) is 4.33. The molecule has 1 radical (unpaired) electrons. The average Bonchev–Trinajstić information content (AvgIpc) is 3.29. The van der Waals surface area contributed by atoms with E-state index in [2.05, 4.69) is 77.1 Å². The van der Waals surface area contributed by atoms with Crippen LogP contribution in [0.4, 0.5) is 0 Å². The van der Waals surface area contributed by atoms with Crippen molar-refractivity contribution in [2.45, 2.75) is 39.5 Å². The van der Waals surface area contributed by atoms with Crippen LogP contribution in [-0.4, -0.2) is 29.7 Å². The van der Waals surface area contributed by atoms with Gasteiger partial charge in [0.2, 0.25) is 0 Å². The zero-order valence-electron chi connectivity index (χ0n) is 15.5. The van der Waals surface area contributed by atoms with Crippen LogP contribution in [0.15, 0.2) is 35.3 Å². The molecule has 0 unspecified atom stereocenters. The van der Waals surface area contributed by atoms with Crippen LogP contribution in [0.2, 0.25) is 0 Å². The molecular formula is C19H19IrN6O-. The summed E-state index contributed by atoms with van der Waals surface area (Å²) < 4.78 is 6.98. The van der Waals surface area contributed by atoms with Crippen molar-refractivity contribution in [1.29, 1.82) is 0 Å². The molecule has 4 aromatic rings. The SMILES string of the molecule is CC(C)c1cccc(C(C)C)c1-n1ncnc1-c1[c-]nc2ocnc2n1.[Ir]. The molecule has 0 saturated carbocycles. The molecule has 4 rings (SSSR count). The summed E-state index contributed by atoms with van der Waals surface area (Å²) in [4.78, 5) is 17.1. The second-order valence-electron chi connectivity index (χ2n) is 6.76. The summed E-state index contributed by atoms with van der Waals surface area (Å²) in [6.45, 7) is 8.69. The minimum atomic E-state index is 0. The molecule has 0 bridgehead atoms. The maximum Gasteiger partial charge on any atom is 0.169 e. The monoisotopic (exact) mass is 540 g/mol. The van der Waals surface area contributed by atoms with Crippen molar-refractivity contribution < 1.29 is 24.5 Å². The maximum atomic E-state index is 5.15. The smallest absolute Gasteiger partial charge is 0.169 e. The van der Waals surface area contributed by atoms with Crippen LogP contribution < -0.4 is 0 Å². The Labute approximate surface area is 170 Å². The molecule has 0 aliphatic rings. The fourth-order valence-corrected chi connectivity index (χ4v) is 3.04. The quantitative estimate of drug-likeness (QED) is 0.366. The minimum Gasteiger partial charge on any atom is -0.484 e. The fourth-order valence-electron chi connectivity index (χ4n) is 3.04. The molecule has 0 saturated heterocycles. The summed E-state index contributed by atoms with van der Waals surface area (Å²) >= 11 is 0. The molecule has 0 fully saturated rings. The summed E-state index contributed by atoms with van der Waals surface area (Å²) in [7, 11) is 0. The normalized spacial score (nSPS) is 11.3. The van der Waals surface area contributed by atoms with E-state index in [9.17, 15) is 0 Å². The number of hydrogen-bond acceptors (Lipinski definition) is 6. The summed E-state index contributed by atoms with van der Waals surface area (Å²) in [5, 5.41) is 4.49. The Kier molecular flexibility index (Phi) is 5.48. The van der Waals surface area contributed by atoms with Gasteiger partial charge in [-0.05, 0) is 29.2 Å². The number of rotatable bonds is 4. The van der Waals surface area contributed by atoms with Crippen molar-refractivity contribution in [3.63, 3.8) is 0 Å². The van der Waals surface area contributed by atoms with Crippen molar-refractivity contribution in [3.8, 4) is 17.2 Å². The van der Waals surface area contributed by atoms with Crippen LogP contribution >= 0.6 is 0 Å². The number of nitrogens with zero attached hydrogens (tertiary/aromatic N) is 6. The molecule has 3 aromatic heterocycles. The van der Waals surface area contributed by atoms with Crippen molar-refractivity contribution in [2.24, 2.45) is 0 Å². The first-order chi connectivity index (χ1) is 12.6. The first kappa shape index (κ1) is 19.3. The van der Waals surface area contributed by atoms with E-state index in [1.54, 1.807) is 0 Å². The minimum absolute atomic E-state index is 0. The molecule has 8 heteroatoms. The fraction of sp³-hybridized carbons (Fsp3) is 0.316. The third kappa shape index (κ3) is 3.42. The predicted molar refractivity (Wildman–Crippen MR) is 97.0 cm³/mol. The van der Waals surface area contributed by atoms with Gasteiger partial charge in [-0.1, -0.05) is 45.9 Å². The van der Waals surface area contributed by atoms with E-state index in [0.717, 1.165) is 5.69 Å². The zero-order valence-corrected chi connectivity index (χ0v) is 17.9. The first-order valence-corrected chi connectivity index (χ1v) is 8.58. The number of aromatic nitrogens is 6. The molecule has 1 aromatic carbocycles. The second-order valence-corrected chi connectivity index (χ2v) is 6.76. The third-order valence-corrected chi connectivity index (χ3v) is 4.33. The first-order valence-electron chi connectivity index (χ1n) is 8.58. The van der Waals surface area contributed by atoms with Gasteiger partial charge in [0.25, 0.3) is 0 Å². The molecule has 0 aliphatic carbocycles. The molecule has 27 heavy (non-hydrogen) atoms. The van der Waals surface area contributed by atoms with Crippen LogP contribution in [0, 0.1) is 6.20 Å². The van der Waals surface area contributed by atoms with Crippen molar-refractivity contribution in [3.05, 3.63) is 48.2 Å². The van der Waals surface area contributed by atoms with Gasteiger partial charge in [-0.25, -0.2) is 4.98 Å². The molecule has 7 nitrogen and oxygen atoms in total. The topological polar surface area (TPSA) is 82.5 Å². The van der Waals surface area contributed by atoms with Gasteiger partial charge in [0.1, 0.15) is 6.33 Å². The van der Waals surface area contributed by atoms with E-state index in [1.165, 1.54) is 23.8 Å². The molecule has 0 amide bonds.